The monoisotopic (exact) mass is 294 g/mol. The average Bonchev–Trinajstić information content (AvgIpc) is 2.33. The van der Waals surface area contributed by atoms with Crippen LogP contribution in [-0.2, 0) is 0 Å². The van der Waals surface area contributed by atoms with Gasteiger partial charge in [-0.1, -0.05) is 29.3 Å². The number of anilines is 1. The molecule has 0 fully saturated rings. The number of halogens is 2. The smallest absolute Gasteiger partial charge is 0.255 e. The Morgan fingerprint density at radius 1 is 1.21 bits per heavy atom. The lowest BCUT2D eigenvalue weighted by molar-refractivity contribution is 0.102. The summed E-state index contributed by atoms with van der Waals surface area (Å²) in [6, 6.07) is 8.58. The third-order valence-corrected chi connectivity index (χ3v) is 3.30. The lowest BCUT2D eigenvalue weighted by Gasteiger charge is -2.10. The first-order valence-corrected chi connectivity index (χ1v) is 6.43. The minimum atomic E-state index is -0.238. The summed E-state index contributed by atoms with van der Waals surface area (Å²) in [5.74, 6) is -0.238. The molecule has 0 aliphatic heterocycles. The van der Waals surface area contributed by atoms with E-state index in [1.54, 1.807) is 31.2 Å². The van der Waals surface area contributed by atoms with E-state index < -0.39 is 0 Å². The summed E-state index contributed by atoms with van der Waals surface area (Å²) < 4.78 is 0. The highest BCUT2D eigenvalue weighted by Gasteiger charge is 2.10. The Kier molecular flexibility index (Phi) is 4.08. The molecular formula is C14H12Cl2N2O. The SMILES string of the molecule is Cc1cc(C(=O)Nc2cccc(Cl)c2C)cc(Cl)n1. The molecular weight excluding hydrogens is 283 g/mol. The van der Waals surface area contributed by atoms with Crippen LogP contribution in [0.25, 0.3) is 0 Å². The van der Waals surface area contributed by atoms with Gasteiger partial charge in [-0.15, -0.1) is 0 Å². The van der Waals surface area contributed by atoms with Crippen molar-refractivity contribution in [1.82, 2.24) is 4.98 Å². The largest absolute Gasteiger partial charge is 0.322 e. The lowest BCUT2D eigenvalue weighted by Crippen LogP contribution is -2.13. The predicted molar refractivity (Wildman–Crippen MR) is 78.1 cm³/mol. The molecule has 19 heavy (non-hydrogen) atoms. The summed E-state index contributed by atoms with van der Waals surface area (Å²) in [5.41, 5.74) is 2.68. The molecule has 0 aliphatic rings. The topological polar surface area (TPSA) is 42.0 Å². The molecule has 0 saturated heterocycles. The standard InChI is InChI=1S/C14H12Cl2N2O/c1-8-6-10(7-13(16)17-8)14(19)18-12-5-3-4-11(15)9(12)2/h3-7H,1-2H3,(H,18,19). The zero-order valence-electron chi connectivity index (χ0n) is 10.5. The Morgan fingerprint density at radius 3 is 2.63 bits per heavy atom. The number of aryl methyl sites for hydroxylation is 1. The Bertz CT molecular complexity index is 621. The number of aromatic nitrogens is 1. The van der Waals surface area contributed by atoms with Crippen LogP contribution in [0.15, 0.2) is 30.3 Å². The zero-order valence-corrected chi connectivity index (χ0v) is 12.0. The van der Waals surface area contributed by atoms with Crippen molar-refractivity contribution >= 4 is 34.8 Å². The van der Waals surface area contributed by atoms with Crippen LogP contribution in [0.3, 0.4) is 0 Å². The summed E-state index contributed by atoms with van der Waals surface area (Å²) in [4.78, 5) is 16.2. The number of nitrogens with one attached hydrogen (secondary N) is 1. The van der Waals surface area contributed by atoms with E-state index in [4.69, 9.17) is 23.2 Å². The number of hydrogen-bond acceptors (Lipinski definition) is 2. The number of carbonyl (C=O) groups is 1. The molecule has 1 amide bonds. The van der Waals surface area contributed by atoms with Crippen LogP contribution >= 0.6 is 23.2 Å². The molecule has 0 unspecified atom stereocenters. The summed E-state index contributed by atoms with van der Waals surface area (Å²) in [7, 11) is 0. The molecule has 5 heteroatoms. The highest BCUT2D eigenvalue weighted by atomic mass is 35.5. The van der Waals surface area contributed by atoms with Gasteiger partial charge in [0.2, 0.25) is 0 Å². The van der Waals surface area contributed by atoms with Crippen molar-refractivity contribution in [3.05, 3.63) is 57.3 Å². The quantitative estimate of drug-likeness (QED) is 0.841. The van der Waals surface area contributed by atoms with Gasteiger partial charge < -0.3 is 5.32 Å². The van der Waals surface area contributed by atoms with Gasteiger partial charge in [-0.3, -0.25) is 4.79 Å². The van der Waals surface area contributed by atoms with E-state index >= 15 is 0 Å². The number of hydrogen-bond donors (Lipinski definition) is 1. The zero-order chi connectivity index (χ0) is 14.0. The number of amides is 1. The Labute approximate surface area is 121 Å². The van der Waals surface area contributed by atoms with Gasteiger partial charge in [0.05, 0.1) is 0 Å². The highest BCUT2D eigenvalue weighted by molar-refractivity contribution is 6.32. The van der Waals surface area contributed by atoms with Crippen LogP contribution < -0.4 is 5.32 Å². The second-order valence-corrected chi connectivity index (χ2v) is 4.98. The van der Waals surface area contributed by atoms with Crippen LogP contribution in [0.5, 0.6) is 0 Å². The highest BCUT2D eigenvalue weighted by Crippen LogP contribution is 2.23. The summed E-state index contributed by atoms with van der Waals surface area (Å²) in [5, 5.41) is 3.72. The maximum Gasteiger partial charge on any atom is 0.255 e. The molecule has 98 valence electrons. The molecule has 0 spiro atoms. The third kappa shape index (κ3) is 3.25. The number of pyridine rings is 1. The summed E-state index contributed by atoms with van der Waals surface area (Å²) in [6.45, 7) is 3.63. The van der Waals surface area contributed by atoms with Crippen LogP contribution in [-0.4, -0.2) is 10.9 Å². The van der Waals surface area contributed by atoms with Crippen LogP contribution in [0, 0.1) is 13.8 Å². The van der Waals surface area contributed by atoms with Gasteiger partial charge >= 0.3 is 0 Å². The van der Waals surface area contributed by atoms with Gasteiger partial charge in [-0.2, -0.15) is 0 Å². The van der Waals surface area contributed by atoms with Crippen molar-refractivity contribution < 1.29 is 4.79 Å². The first-order chi connectivity index (χ1) is 8.97. The normalized spacial score (nSPS) is 10.3. The maximum atomic E-state index is 12.1. The predicted octanol–water partition coefficient (Wildman–Crippen LogP) is 4.26. The van der Waals surface area contributed by atoms with Crippen molar-refractivity contribution in [2.75, 3.05) is 5.32 Å². The molecule has 0 atom stereocenters. The number of benzene rings is 1. The van der Waals surface area contributed by atoms with E-state index in [0.29, 0.717) is 27.1 Å². The molecule has 2 aromatic rings. The molecule has 1 aromatic carbocycles. The van der Waals surface area contributed by atoms with E-state index in [2.05, 4.69) is 10.3 Å². The van der Waals surface area contributed by atoms with Crippen LogP contribution in [0.1, 0.15) is 21.6 Å². The van der Waals surface area contributed by atoms with Gasteiger partial charge in [0.15, 0.2) is 0 Å². The maximum absolute atomic E-state index is 12.1. The number of rotatable bonds is 2. The van der Waals surface area contributed by atoms with E-state index in [-0.39, 0.29) is 5.91 Å². The van der Waals surface area contributed by atoms with Crippen LogP contribution in [0.4, 0.5) is 5.69 Å². The van der Waals surface area contributed by atoms with Gasteiger partial charge in [-0.25, -0.2) is 4.98 Å². The van der Waals surface area contributed by atoms with E-state index in [1.807, 2.05) is 6.92 Å². The van der Waals surface area contributed by atoms with Crippen molar-refractivity contribution in [3.8, 4) is 0 Å². The fourth-order valence-electron chi connectivity index (χ4n) is 1.70. The van der Waals surface area contributed by atoms with Crippen molar-refractivity contribution in [3.63, 3.8) is 0 Å². The fraction of sp³-hybridized carbons (Fsp3) is 0.143. The summed E-state index contributed by atoms with van der Waals surface area (Å²) >= 11 is 11.9. The number of nitrogens with zero attached hydrogens (tertiary/aromatic N) is 1. The third-order valence-electron chi connectivity index (χ3n) is 2.70. The summed E-state index contributed by atoms with van der Waals surface area (Å²) in [6.07, 6.45) is 0. The first-order valence-electron chi connectivity index (χ1n) is 5.68. The Morgan fingerprint density at radius 2 is 1.95 bits per heavy atom. The molecule has 2 rings (SSSR count). The minimum Gasteiger partial charge on any atom is -0.322 e. The Hall–Kier alpha value is -1.58. The van der Waals surface area contributed by atoms with Crippen molar-refractivity contribution in [2.45, 2.75) is 13.8 Å². The van der Waals surface area contributed by atoms with E-state index in [1.165, 1.54) is 6.07 Å². The fourth-order valence-corrected chi connectivity index (χ4v) is 2.12. The number of carbonyl (C=O) groups excluding carboxylic acids is 1. The van der Waals surface area contributed by atoms with E-state index in [9.17, 15) is 4.79 Å². The van der Waals surface area contributed by atoms with Crippen LogP contribution in [0.2, 0.25) is 10.2 Å². The Balaban J connectivity index is 2.28. The molecule has 3 nitrogen and oxygen atoms in total. The van der Waals surface area contributed by atoms with Crippen molar-refractivity contribution in [2.24, 2.45) is 0 Å². The molecule has 1 aromatic heterocycles. The minimum absolute atomic E-state index is 0.238. The van der Waals surface area contributed by atoms with Gasteiger partial charge in [0, 0.05) is 22.0 Å². The molecule has 0 aliphatic carbocycles. The van der Waals surface area contributed by atoms with Gasteiger partial charge in [0.25, 0.3) is 5.91 Å². The molecule has 1 heterocycles. The van der Waals surface area contributed by atoms with Crippen molar-refractivity contribution in [1.29, 1.82) is 0 Å². The molecule has 1 N–H and O–H groups in total. The first kappa shape index (κ1) is 13.8. The second-order valence-electron chi connectivity index (χ2n) is 4.19. The molecule has 0 saturated carbocycles. The molecule has 0 bridgehead atoms. The average molecular weight is 295 g/mol. The second kappa shape index (κ2) is 5.59. The molecule has 0 radical (unpaired) electrons. The van der Waals surface area contributed by atoms with Gasteiger partial charge in [-0.05, 0) is 43.7 Å². The lowest BCUT2D eigenvalue weighted by atomic mass is 10.1. The van der Waals surface area contributed by atoms with Gasteiger partial charge in [0.1, 0.15) is 5.15 Å². The van der Waals surface area contributed by atoms with E-state index in [0.717, 1.165) is 5.56 Å².